The van der Waals surface area contributed by atoms with Crippen LogP contribution < -0.4 is 0 Å². The molecule has 1 unspecified atom stereocenters. The van der Waals surface area contributed by atoms with E-state index in [0.29, 0.717) is 22.5 Å². The Kier molecular flexibility index (Phi) is 3.73. The van der Waals surface area contributed by atoms with Gasteiger partial charge in [-0.1, -0.05) is 41.5 Å². The van der Waals surface area contributed by atoms with Crippen LogP contribution in [0, 0.1) is 5.92 Å². The summed E-state index contributed by atoms with van der Waals surface area (Å²) in [6.07, 6.45) is 2.92. The third-order valence-electron chi connectivity index (χ3n) is 5.69. The molecule has 112 valence electrons. The van der Waals surface area contributed by atoms with Crippen molar-refractivity contribution < 1.29 is 9.53 Å². The van der Waals surface area contributed by atoms with Gasteiger partial charge >= 0.3 is 0 Å². The minimum atomic E-state index is -1.82. The minimum Gasteiger partial charge on any atom is -0.411 e. The highest BCUT2D eigenvalue weighted by molar-refractivity contribution is 6.77. The van der Waals surface area contributed by atoms with E-state index < -0.39 is 8.32 Å². The number of aliphatic hydroxyl groups is 1. The topological polar surface area (TPSA) is 29.5 Å². The van der Waals surface area contributed by atoms with Crippen LogP contribution >= 0.6 is 0 Å². The average Bonchev–Trinajstić information content (AvgIpc) is 2.73. The number of fused-ring (bicyclic) bond motifs is 1. The molecule has 19 heavy (non-hydrogen) atoms. The molecule has 0 spiro atoms. The van der Waals surface area contributed by atoms with Crippen molar-refractivity contribution in [3.8, 4) is 0 Å². The Hall–Kier alpha value is 0.137. The standard InChI is InChI=1S/C16H32O2Si/c1-11(2)19(12(3)4,13(5)6)18-15(7)8-14-9-16(14,17)10-15/h11-14,17H,8-10H2,1-7H3/t14-,15?,16+/m1/s1. The molecule has 0 aromatic rings. The molecule has 0 saturated heterocycles. The highest BCUT2D eigenvalue weighted by Gasteiger charge is 2.65. The summed E-state index contributed by atoms with van der Waals surface area (Å²) in [7, 11) is -1.82. The van der Waals surface area contributed by atoms with E-state index in [1.165, 1.54) is 0 Å². The molecule has 0 aromatic carbocycles. The summed E-state index contributed by atoms with van der Waals surface area (Å²) < 4.78 is 6.92. The van der Waals surface area contributed by atoms with E-state index in [9.17, 15) is 5.11 Å². The number of hydrogen-bond acceptors (Lipinski definition) is 2. The second-order valence-electron chi connectivity index (χ2n) is 8.26. The van der Waals surface area contributed by atoms with Crippen LogP contribution in [0.3, 0.4) is 0 Å². The van der Waals surface area contributed by atoms with Gasteiger partial charge in [-0.05, 0) is 42.3 Å². The van der Waals surface area contributed by atoms with Crippen LogP contribution in [0.5, 0.6) is 0 Å². The molecule has 2 rings (SSSR count). The van der Waals surface area contributed by atoms with Gasteiger partial charge in [0, 0.05) is 6.42 Å². The SMILES string of the molecule is CC(C)[Si](OC1(C)C[C@@H]2C[C@]2(O)C1)(C(C)C)C(C)C. The molecule has 0 aliphatic heterocycles. The van der Waals surface area contributed by atoms with E-state index in [0.717, 1.165) is 19.3 Å². The lowest BCUT2D eigenvalue weighted by Crippen LogP contribution is -2.53. The summed E-state index contributed by atoms with van der Waals surface area (Å²) in [6, 6.07) is 0. The lowest BCUT2D eigenvalue weighted by Gasteiger charge is -2.48. The first-order valence-electron chi connectivity index (χ1n) is 7.98. The highest BCUT2D eigenvalue weighted by Crippen LogP contribution is 2.62. The minimum absolute atomic E-state index is 0.0807. The summed E-state index contributed by atoms with van der Waals surface area (Å²) in [5.74, 6) is 0.510. The summed E-state index contributed by atoms with van der Waals surface area (Å²) in [6.45, 7) is 16.2. The van der Waals surface area contributed by atoms with Gasteiger partial charge in [-0.15, -0.1) is 0 Å². The molecule has 0 aromatic heterocycles. The Morgan fingerprint density at radius 1 is 1.00 bits per heavy atom. The maximum absolute atomic E-state index is 10.4. The quantitative estimate of drug-likeness (QED) is 0.754. The van der Waals surface area contributed by atoms with Crippen molar-refractivity contribution in [3.05, 3.63) is 0 Å². The van der Waals surface area contributed by atoms with Gasteiger partial charge in [-0.25, -0.2) is 0 Å². The third-order valence-corrected chi connectivity index (χ3v) is 11.9. The van der Waals surface area contributed by atoms with Crippen molar-refractivity contribution in [2.75, 3.05) is 0 Å². The van der Waals surface area contributed by atoms with Crippen LogP contribution in [0.2, 0.25) is 16.6 Å². The second kappa shape index (κ2) is 4.57. The smallest absolute Gasteiger partial charge is 0.201 e. The fraction of sp³-hybridized carbons (Fsp3) is 1.00. The highest BCUT2D eigenvalue weighted by atomic mass is 28.4. The van der Waals surface area contributed by atoms with Crippen LogP contribution in [-0.4, -0.2) is 24.6 Å². The van der Waals surface area contributed by atoms with Crippen molar-refractivity contribution >= 4 is 8.32 Å². The normalized spacial score (nSPS) is 38.4. The second-order valence-corrected chi connectivity index (χ2v) is 13.6. The molecule has 2 saturated carbocycles. The zero-order valence-corrected chi connectivity index (χ0v) is 14.8. The summed E-state index contributed by atoms with van der Waals surface area (Å²) in [5, 5.41) is 10.4. The molecule has 3 heteroatoms. The van der Waals surface area contributed by atoms with Gasteiger partial charge in [-0.3, -0.25) is 0 Å². The fourth-order valence-electron chi connectivity index (χ4n) is 4.95. The average molecular weight is 285 g/mol. The first kappa shape index (κ1) is 15.5. The van der Waals surface area contributed by atoms with Crippen LogP contribution in [0.4, 0.5) is 0 Å². The predicted octanol–water partition coefficient (Wildman–Crippen LogP) is 4.48. The van der Waals surface area contributed by atoms with E-state index in [-0.39, 0.29) is 11.2 Å². The lowest BCUT2D eigenvalue weighted by molar-refractivity contribution is 0.0309. The van der Waals surface area contributed by atoms with Gasteiger partial charge in [0.15, 0.2) is 0 Å². The van der Waals surface area contributed by atoms with Gasteiger partial charge in [0.05, 0.1) is 11.2 Å². The molecule has 0 radical (unpaired) electrons. The van der Waals surface area contributed by atoms with Crippen molar-refractivity contribution in [2.45, 2.75) is 95.6 Å². The van der Waals surface area contributed by atoms with Gasteiger partial charge in [0.25, 0.3) is 0 Å². The van der Waals surface area contributed by atoms with E-state index >= 15 is 0 Å². The van der Waals surface area contributed by atoms with Crippen molar-refractivity contribution in [1.82, 2.24) is 0 Å². The molecule has 2 aliphatic rings. The molecule has 2 aliphatic carbocycles. The Bertz CT molecular complexity index is 331. The van der Waals surface area contributed by atoms with Crippen molar-refractivity contribution in [1.29, 1.82) is 0 Å². The Balaban J connectivity index is 2.21. The van der Waals surface area contributed by atoms with Gasteiger partial charge < -0.3 is 9.53 Å². The first-order valence-corrected chi connectivity index (χ1v) is 10.1. The van der Waals surface area contributed by atoms with Gasteiger partial charge in [0.1, 0.15) is 0 Å². The van der Waals surface area contributed by atoms with Crippen LogP contribution in [0.15, 0.2) is 0 Å². The summed E-state index contributed by atoms with van der Waals surface area (Å²) in [5.41, 5.74) is 1.41. The monoisotopic (exact) mass is 284 g/mol. The first-order chi connectivity index (χ1) is 8.56. The zero-order valence-electron chi connectivity index (χ0n) is 13.8. The van der Waals surface area contributed by atoms with E-state index in [1.54, 1.807) is 0 Å². The number of hydrogen-bond donors (Lipinski definition) is 1. The van der Waals surface area contributed by atoms with E-state index in [2.05, 4.69) is 48.5 Å². The summed E-state index contributed by atoms with van der Waals surface area (Å²) >= 11 is 0. The van der Waals surface area contributed by atoms with Crippen molar-refractivity contribution in [2.24, 2.45) is 5.92 Å². The molecule has 0 heterocycles. The maximum Gasteiger partial charge on any atom is 0.201 e. The van der Waals surface area contributed by atoms with Crippen LogP contribution in [-0.2, 0) is 4.43 Å². The van der Waals surface area contributed by atoms with Crippen LogP contribution in [0.1, 0.15) is 67.7 Å². The molecule has 0 amide bonds. The van der Waals surface area contributed by atoms with E-state index in [1.807, 2.05) is 0 Å². The third kappa shape index (κ3) is 2.42. The van der Waals surface area contributed by atoms with Crippen LogP contribution in [0.25, 0.3) is 0 Å². The largest absolute Gasteiger partial charge is 0.411 e. The maximum atomic E-state index is 10.4. The van der Waals surface area contributed by atoms with Crippen molar-refractivity contribution in [3.63, 3.8) is 0 Å². The zero-order chi connectivity index (χ0) is 14.6. The molecule has 2 fully saturated rings. The Morgan fingerprint density at radius 2 is 1.47 bits per heavy atom. The van der Waals surface area contributed by atoms with E-state index in [4.69, 9.17) is 4.43 Å². The van der Waals surface area contributed by atoms with Gasteiger partial charge in [0.2, 0.25) is 8.32 Å². The van der Waals surface area contributed by atoms with Gasteiger partial charge in [-0.2, -0.15) is 0 Å². The molecule has 0 bridgehead atoms. The molecular weight excluding hydrogens is 252 g/mol. The lowest BCUT2D eigenvalue weighted by atomic mass is 10.0. The Morgan fingerprint density at radius 3 is 1.79 bits per heavy atom. The fourth-order valence-corrected chi connectivity index (χ4v) is 10.7. The molecule has 1 N–H and O–H groups in total. The molecule has 2 nitrogen and oxygen atoms in total. The number of rotatable bonds is 5. The predicted molar refractivity (Wildman–Crippen MR) is 82.8 cm³/mol. The Labute approximate surface area is 120 Å². The molecule has 3 atom stereocenters. The molecular formula is C16H32O2Si. The summed E-state index contributed by atoms with van der Waals surface area (Å²) in [4.78, 5) is 0.